The van der Waals surface area contributed by atoms with Gasteiger partial charge in [0.1, 0.15) is 6.04 Å². The highest BCUT2D eigenvalue weighted by Gasteiger charge is 2.32. The molecule has 2 amide bonds. The Kier molecular flexibility index (Phi) is 6.83. The summed E-state index contributed by atoms with van der Waals surface area (Å²) in [7, 11) is 0. The van der Waals surface area contributed by atoms with Crippen molar-refractivity contribution < 1.29 is 9.59 Å². The molecule has 0 aliphatic carbocycles. The van der Waals surface area contributed by atoms with Crippen molar-refractivity contribution in [3.8, 4) is 0 Å². The normalized spacial score (nSPS) is 15.2. The Hall–Kier alpha value is -3.22. The van der Waals surface area contributed by atoms with Gasteiger partial charge in [-0.1, -0.05) is 48.0 Å². The number of halogens is 1. The van der Waals surface area contributed by atoms with Crippen molar-refractivity contribution in [3.05, 3.63) is 94.8 Å². The molecule has 0 unspecified atom stereocenters. The molecule has 4 rings (SSSR count). The zero-order valence-corrected chi connectivity index (χ0v) is 18.6. The molecule has 1 N–H and O–H groups in total. The number of hydrogen-bond donors (Lipinski definition) is 1. The standard InChI is InChI=1S/C25H25ClN4O2/c1-18-7-8-21(17-22(18)26)28-24(31)23(19-5-3-2-4-6-19)29-13-15-30(16-14-29)25(32)20-9-11-27-12-10-20/h2-12,17,23H,13-16H2,1H3,(H,28,31)/t23-/m0/s1. The lowest BCUT2D eigenvalue weighted by Crippen LogP contribution is -2.51. The average Bonchev–Trinajstić information content (AvgIpc) is 2.83. The lowest BCUT2D eigenvalue weighted by molar-refractivity contribution is -0.122. The summed E-state index contributed by atoms with van der Waals surface area (Å²) in [5.74, 6) is -0.132. The second kappa shape index (κ2) is 9.94. The first-order valence-electron chi connectivity index (χ1n) is 10.6. The molecule has 1 aliphatic heterocycles. The maximum absolute atomic E-state index is 13.4. The number of aryl methyl sites for hydroxylation is 1. The van der Waals surface area contributed by atoms with Crippen LogP contribution in [0.15, 0.2) is 73.1 Å². The summed E-state index contributed by atoms with van der Waals surface area (Å²) >= 11 is 6.24. The van der Waals surface area contributed by atoms with Crippen molar-refractivity contribution in [2.45, 2.75) is 13.0 Å². The Balaban J connectivity index is 1.50. The lowest BCUT2D eigenvalue weighted by Gasteiger charge is -2.38. The van der Waals surface area contributed by atoms with E-state index in [1.165, 1.54) is 0 Å². The van der Waals surface area contributed by atoms with Gasteiger partial charge in [0.2, 0.25) is 5.91 Å². The fraction of sp³-hybridized carbons (Fsp3) is 0.240. The van der Waals surface area contributed by atoms with Crippen LogP contribution >= 0.6 is 11.6 Å². The van der Waals surface area contributed by atoms with Gasteiger partial charge in [-0.2, -0.15) is 0 Å². The molecule has 32 heavy (non-hydrogen) atoms. The minimum Gasteiger partial charge on any atom is -0.336 e. The molecule has 2 aromatic carbocycles. The Labute approximate surface area is 192 Å². The van der Waals surface area contributed by atoms with Crippen molar-refractivity contribution in [1.29, 1.82) is 0 Å². The van der Waals surface area contributed by atoms with E-state index in [1.54, 1.807) is 30.6 Å². The molecule has 6 nitrogen and oxygen atoms in total. The number of rotatable bonds is 5. The van der Waals surface area contributed by atoms with E-state index in [1.807, 2.05) is 54.3 Å². The predicted molar refractivity (Wildman–Crippen MR) is 126 cm³/mol. The Morgan fingerprint density at radius 3 is 2.31 bits per heavy atom. The number of amides is 2. The number of nitrogens with one attached hydrogen (secondary N) is 1. The van der Waals surface area contributed by atoms with Gasteiger partial charge in [0.05, 0.1) is 0 Å². The summed E-state index contributed by atoms with van der Waals surface area (Å²) in [6, 6.07) is 18.2. The van der Waals surface area contributed by atoms with Gasteiger partial charge in [0, 0.05) is 54.8 Å². The smallest absolute Gasteiger partial charge is 0.254 e. The molecule has 1 aromatic heterocycles. The second-order valence-corrected chi connectivity index (χ2v) is 8.24. The van der Waals surface area contributed by atoms with Crippen LogP contribution in [0.2, 0.25) is 5.02 Å². The first-order chi connectivity index (χ1) is 15.5. The number of benzene rings is 2. The molecule has 0 radical (unpaired) electrons. The van der Waals surface area contributed by atoms with Gasteiger partial charge in [0.25, 0.3) is 5.91 Å². The topological polar surface area (TPSA) is 65.5 Å². The number of nitrogens with zero attached hydrogens (tertiary/aromatic N) is 3. The Morgan fingerprint density at radius 1 is 0.969 bits per heavy atom. The Bertz CT molecular complexity index is 1080. The van der Waals surface area contributed by atoms with E-state index < -0.39 is 6.04 Å². The van der Waals surface area contributed by atoms with Crippen LogP contribution in [0, 0.1) is 6.92 Å². The quantitative estimate of drug-likeness (QED) is 0.635. The van der Waals surface area contributed by atoms with Crippen molar-refractivity contribution >= 4 is 29.1 Å². The van der Waals surface area contributed by atoms with Crippen LogP contribution in [-0.2, 0) is 4.79 Å². The maximum Gasteiger partial charge on any atom is 0.254 e. The number of pyridine rings is 1. The van der Waals surface area contributed by atoms with Gasteiger partial charge >= 0.3 is 0 Å². The minimum atomic E-state index is -0.463. The van der Waals surface area contributed by atoms with E-state index in [0.29, 0.717) is 42.5 Å². The molecular weight excluding hydrogens is 424 g/mol. The van der Waals surface area contributed by atoms with Gasteiger partial charge in [-0.05, 0) is 42.3 Å². The maximum atomic E-state index is 13.4. The van der Waals surface area contributed by atoms with Gasteiger partial charge in [0.15, 0.2) is 0 Å². The number of piperazine rings is 1. The number of carbonyl (C=O) groups is 2. The molecule has 1 fully saturated rings. The largest absolute Gasteiger partial charge is 0.336 e. The highest BCUT2D eigenvalue weighted by Crippen LogP contribution is 2.26. The van der Waals surface area contributed by atoms with E-state index in [2.05, 4.69) is 15.2 Å². The molecule has 3 aromatic rings. The number of carbonyl (C=O) groups excluding carboxylic acids is 2. The molecule has 0 saturated carbocycles. The lowest BCUT2D eigenvalue weighted by atomic mass is 10.0. The minimum absolute atomic E-state index is 0.0120. The van der Waals surface area contributed by atoms with Gasteiger partial charge < -0.3 is 10.2 Å². The second-order valence-electron chi connectivity index (χ2n) is 7.83. The van der Waals surface area contributed by atoms with Crippen LogP contribution in [0.3, 0.4) is 0 Å². The van der Waals surface area contributed by atoms with E-state index in [0.717, 1.165) is 11.1 Å². The van der Waals surface area contributed by atoms with Crippen LogP contribution < -0.4 is 5.32 Å². The Morgan fingerprint density at radius 2 is 1.66 bits per heavy atom. The van der Waals surface area contributed by atoms with Crippen molar-refractivity contribution in [3.63, 3.8) is 0 Å². The van der Waals surface area contributed by atoms with Crippen molar-refractivity contribution in [1.82, 2.24) is 14.8 Å². The highest BCUT2D eigenvalue weighted by atomic mass is 35.5. The zero-order chi connectivity index (χ0) is 22.5. The molecule has 1 atom stereocenters. The molecule has 164 valence electrons. The molecule has 1 saturated heterocycles. The van der Waals surface area contributed by atoms with E-state index in [9.17, 15) is 9.59 Å². The summed E-state index contributed by atoms with van der Waals surface area (Å²) in [6.45, 7) is 4.21. The van der Waals surface area contributed by atoms with Gasteiger partial charge in [-0.3, -0.25) is 19.5 Å². The third kappa shape index (κ3) is 4.98. The zero-order valence-electron chi connectivity index (χ0n) is 17.9. The third-order valence-electron chi connectivity index (χ3n) is 5.70. The summed E-state index contributed by atoms with van der Waals surface area (Å²) in [6.07, 6.45) is 3.24. The average molecular weight is 449 g/mol. The fourth-order valence-corrected chi connectivity index (χ4v) is 4.09. The summed E-state index contributed by atoms with van der Waals surface area (Å²) < 4.78 is 0. The predicted octanol–water partition coefficient (Wildman–Crippen LogP) is 4.18. The fourth-order valence-electron chi connectivity index (χ4n) is 3.90. The van der Waals surface area contributed by atoms with Crippen LogP contribution in [0.25, 0.3) is 0 Å². The number of hydrogen-bond acceptors (Lipinski definition) is 4. The molecule has 1 aliphatic rings. The van der Waals surface area contributed by atoms with Gasteiger partial charge in [-0.15, -0.1) is 0 Å². The molecule has 7 heteroatoms. The van der Waals surface area contributed by atoms with E-state index in [-0.39, 0.29) is 11.8 Å². The summed E-state index contributed by atoms with van der Waals surface area (Å²) in [4.78, 5) is 34.1. The summed E-state index contributed by atoms with van der Waals surface area (Å²) in [5, 5.41) is 3.63. The van der Waals surface area contributed by atoms with Gasteiger partial charge in [-0.25, -0.2) is 0 Å². The van der Waals surface area contributed by atoms with Crippen LogP contribution in [0.5, 0.6) is 0 Å². The number of anilines is 1. The molecular formula is C25H25ClN4O2. The highest BCUT2D eigenvalue weighted by molar-refractivity contribution is 6.31. The summed E-state index contributed by atoms with van der Waals surface area (Å²) in [5.41, 5.74) is 3.16. The molecule has 0 bridgehead atoms. The first kappa shape index (κ1) is 22.0. The third-order valence-corrected chi connectivity index (χ3v) is 6.10. The van der Waals surface area contributed by atoms with Crippen LogP contribution in [0.1, 0.15) is 27.5 Å². The first-order valence-corrected chi connectivity index (χ1v) is 11.0. The monoisotopic (exact) mass is 448 g/mol. The van der Waals surface area contributed by atoms with Crippen LogP contribution in [0.4, 0.5) is 5.69 Å². The van der Waals surface area contributed by atoms with E-state index >= 15 is 0 Å². The SMILES string of the molecule is Cc1ccc(NC(=O)[C@H](c2ccccc2)N2CCN(C(=O)c3ccncc3)CC2)cc1Cl. The van der Waals surface area contributed by atoms with E-state index in [4.69, 9.17) is 11.6 Å². The van der Waals surface area contributed by atoms with Crippen molar-refractivity contribution in [2.75, 3.05) is 31.5 Å². The molecule has 2 heterocycles. The van der Waals surface area contributed by atoms with Crippen LogP contribution in [-0.4, -0.2) is 52.8 Å². The number of aromatic nitrogens is 1. The molecule has 0 spiro atoms. The van der Waals surface area contributed by atoms with Crippen molar-refractivity contribution in [2.24, 2.45) is 0 Å².